The molecule has 6 rings (SSSR count). The zero-order valence-electron chi connectivity index (χ0n) is 19.9. The minimum Gasteiger partial charge on any atom is -0.503 e. The number of benzene rings is 2. The Bertz CT molecular complexity index is 1450. The predicted molar refractivity (Wildman–Crippen MR) is 136 cm³/mol. The third-order valence-electron chi connectivity index (χ3n) is 6.98. The second-order valence-electron chi connectivity index (χ2n) is 9.33. The van der Waals surface area contributed by atoms with Gasteiger partial charge in [0.1, 0.15) is 23.1 Å². The molecule has 1 atom stereocenters. The van der Waals surface area contributed by atoms with E-state index in [1.165, 1.54) is 11.3 Å². The molecule has 1 fully saturated rings. The number of carbonyl (C=O) groups is 2. The molecule has 4 heterocycles. The minimum absolute atomic E-state index is 0.0566. The average molecular weight is 483 g/mol. The first-order valence-corrected chi connectivity index (χ1v) is 12.2. The van der Waals surface area contributed by atoms with Crippen molar-refractivity contribution < 1.29 is 23.5 Å². The molecule has 2 aliphatic heterocycles. The van der Waals surface area contributed by atoms with Gasteiger partial charge in [0.15, 0.2) is 11.5 Å². The smallest absolute Gasteiger partial charge is 0.294 e. The Labute approximate surface area is 208 Å². The van der Waals surface area contributed by atoms with E-state index in [-0.39, 0.29) is 11.3 Å². The molecule has 0 spiro atoms. The van der Waals surface area contributed by atoms with E-state index >= 15 is 0 Å². The van der Waals surface area contributed by atoms with Crippen LogP contribution in [-0.2, 0) is 4.79 Å². The molecule has 7 heteroatoms. The van der Waals surface area contributed by atoms with E-state index in [0.29, 0.717) is 22.8 Å². The Morgan fingerprint density at radius 1 is 0.917 bits per heavy atom. The summed E-state index contributed by atoms with van der Waals surface area (Å²) in [5.41, 5.74) is 2.15. The van der Waals surface area contributed by atoms with Gasteiger partial charge in [-0.2, -0.15) is 0 Å². The zero-order valence-corrected chi connectivity index (χ0v) is 19.9. The summed E-state index contributed by atoms with van der Waals surface area (Å²) in [5.74, 6) is -0.715. The maximum absolute atomic E-state index is 13.7. The van der Waals surface area contributed by atoms with Crippen molar-refractivity contribution in [1.29, 1.82) is 0 Å². The molecule has 0 radical (unpaired) electrons. The fraction of sp³-hybridized carbons (Fsp3) is 0.241. The van der Waals surface area contributed by atoms with Gasteiger partial charge >= 0.3 is 0 Å². The highest BCUT2D eigenvalue weighted by Gasteiger charge is 2.47. The summed E-state index contributed by atoms with van der Waals surface area (Å²) in [4.78, 5) is 30.8. The number of nitrogens with zero attached hydrogens (tertiary/aromatic N) is 2. The van der Waals surface area contributed by atoms with E-state index in [4.69, 9.17) is 8.83 Å². The van der Waals surface area contributed by atoms with Crippen molar-refractivity contribution in [3.8, 4) is 0 Å². The van der Waals surface area contributed by atoms with Crippen molar-refractivity contribution in [2.45, 2.75) is 32.2 Å². The van der Waals surface area contributed by atoms with Crippen LogP contribution in [0.25, 0.3) is 11.0 Å². The molecular weight excluding hydrogens is 456 g/mol. The number of piperidine rings is 1. The predicted octanol–water partition coefficient (Wildman–Crippen LogP) is 6.11. The van der Waals surface area contributed by atoms with Crippen molar-refractivity contribution >= 4 is 34.0 Å². The maximum atomic E-state index is 13.7. The number of aliphatic hydroxyl groups is 1. The molecule has 2 aromatic heterocycles. The third-order valence-corrected chi connectivity index (χ3v) is 6.98. The number of aliphatic hydroxyl groups excluding tert-OH is 1. The number of fused-ring (bicyclic) bond motifs is 1. The van der Waals surface area contributed by atoms with Crippen LogP contribution < -0.4 is 9.80 Å². The Morgan fingerprint density at radius 3 is 2.33 bits per heavy atom. The van der Waals surface area contributed by atoms with E-state index < -0.39 is 23.5 Å². The van der Waals surface area contributed by atoms with Crippen LogP contribution in [0.5, 0.6) is 0 Å². The molecule has 1 amide bonds. The largest absolute Gasteiger partial charge is 0.503 e. The molecule has 0 bridgehead atoms. The summed E-state index contributed by atoms with van der Waals surface area (Å²) in [6.07, 6.45) is 3.57. The van der Waals surface area contributed by atoms with E-state index in [9.17, 15) is 14.7 Å². The van der Waals surface area contributed by atoms with Crippen LogP contribution in [0, 0.1) is 6.92 Å². The summed E-state index contributed by atoms with van der Waals surface area (Å²) in [5, 5.41) is 11.7. The number of furan rings is 2. The van der Waals surface area contributed by atoms with Gasteiger partial charge < -0.3 is 18.8 Å². The van der Waals surface area contributed by atoms with Gasteiger partial charge in [-0.1, -0.05) is 18.2 Å². The van der Waals surface area contributed by atoms with Gasteiger partial charge in [-0.25, -0.2) is 0 Å². The molecule has 182 valence electrons. The molecule has 1 unspecified atom stereocenters. The first kappa shape index (κ1) is 22.2. The number of para-hydroxylation sites is 1. The lowest BCUT2D eigenvalue weighted by Crippen LogP contribution is -2.31. The number of carbonyl (C=O) groups excluding carboxylic acids is 2. The lowest BCUT2D eigenvalue weighted by molar-refractivity contribution is -0.117. The average Bonchev–Trinajstić information content (AvgIpc) is 3.60. The van der Waals surface area contributed by atoms with Crippen LogP contribution in [-0.4, -0.2) is 29.9 Å². The fourth-order valence-corrected chi connectivity index (χ4v) is 5.18. The van der Waals surface area contributed by atoms with Gasteiger partial charge in [0, 0.05) is 29.9 Å². The molecule has 0 saturated carbocycles. The molecule has 4 aromatic rings. The lowest BCUT2D eigenvalue weighted by atomic mass is 9.99. The monoisotopic (exact) mass is 482 g/mol. The number of amides is 1. The summed E-state index contributed by atoms with van der Waals surface area (Å²) in [6.45, 7) is 3.81. The van der Waals surface area contributed by atoms with Gasteiger partial charge in [-0.15, -0.1) is 0 Å². The first-order chi connectivity index (χ1) is 17.5. The lowest BCUT2D eigenvalue weighted by Gasteiger charge is -2.30. The zero-order chi connectivity index (χ0) is 24.8. The Hall–Kier alpha value is -4.26. The first-order valence-electron chi connectivity index (χ1n) is 12.2. The number of Topliss-reactive ketones (excluding diaryl/α,β-unsaturated/α-hetero) is 1. The molecule has 0 aliphatic carbocycles. The topological polar surface area (TPSA) is 87.1 Å². The van der Waals surface area contributed by atoms with Gasteiger partial charge in [-0.05, 0) is 74.7 Å². The Kier molecular flexibility index (Phi) is 5.40. The van der Waals surface area contributed by atoms with Crippen molar-refractivity contribution in [1.82, 2.24) is 0 Å². The van der Waals surface area contributed by atoms with E-state index in [2.05, 4.69) is 4.90 Å². The third kappa shape index (κ3) is 3.68. The second-order valence-corrected chi connectivity index (χ2v) is 9.33. The SMILES string of the molecule is Cc1ccc(C2C(C(=O)c3cc4ccccc4o3)=C(O)C(=O)N2c2ccc(N3CCCCC3)cc2)o1. The highest BCUT2D eigenvalue weighted by atomic mass is 16.4. The molecule has 36 heavy (non-hydrogen) atoms. The number of hydrogen-bond donors (Lipinski definition) is 1. The summed E-state index contributed by atoms with van der Waals surface area (Å²) >= 11 is 0. The number of hydrogen-bond acceptors (Lipinski definition) is 6. The Balaban J connectivity index is 1.40. The molecule has 7 nitrogen and oxygen atoms in total. The highest BCUT2D eigenvalue weighted by molar-refractivity contribution is 6.20. The normalized spacial score (nSPS) is 18.5. The van der Waals surface area contributed by atoms with Crippen LogP contribution in [0.4, 0.5) is 11.4 Å². The minimum atomic E-state index is -0.923. The summed E-state index contributed by atoms with van der Waals surface area (Å²) in [7, 11) is 0. The van der Waals surface area contributed by atoms with Crippen molar-refractivity contribution in [2.75, 3.05) is 22.9 Å². The molecule has 2 aliphatic rings. The number of anilines is 2. The van der Waals surface area contributed by atoms with Crippen LogP contribution in [0.15, 0.2) is 86.9 Å². The van der Waals surface area contributed by atoms with E-state index in [0.717, 1.165) is 37.0 Å². The number of ketones is 1. The maximum Gasteiger partial charge on any atom is 0.294 e. The van der Waals surface area contributed by atoms with Crippen molar-refractivity contribution in [3.63, 3.8) is 0 Å². The van der Waals surface area contributed by atoms with Crippen LogP contribution in [0.1, 0.15) is 47.4 Å². The van der Waals surface area contributed by atoms with E-state index in [1.807, 2.05) is 42.5 Å². The van der Waals surface area contributed by atoms with Crippen LogP contribution in [0.3, 0.4) is 0 Å². The fourth-order valence-electron chi connectivity index (χ4n) is 5.18. The summed E-state index contributed by atoms with van der Waals surface area (Å²) in [6, 6.07) is 19.2. The van der Waals surface area contributed by atoms with E-state index in [1.54, 1.807) is 31.2 Å². The van der Waals surface area contributed by atoms with Crippen molar-refractivity contribution in [3.05, 3.63) is 95.3 Å². The van der Waals surface area contributed by atoms with Crippen LogP contribution in [0.2, 0.25) is 0 Å². The molecule has 1 N–H and O–H groups in total. The number of aryl methyl sites for hydroxylation is 1. The molecule has 1 saturated heterocycles. The Morgan fingerprint density at radius 2 is 1.64 bits per heavy atom. The van der Waals surface area contributed by atoms with Gasteiger partial charge in [0.25, 0.3) is 5.91 Å². The highest BCUT2D eigenvalue weighted by Crippen LogP contribution is 2.43. The van der Waals surface area contributed by atoms with Crippen LogP contribution >= 0.6 is 0 Å². The standard InChI is InChI=1S/C29H26N2O5/c1-18-9-14-23(35-18)26-25(27(32)24-17-19-7-3-4-8-22(19)36-24)28(33)29(34)31(26)21-12-10-20(11-13-21)30-15-5-2-6-16-30/h3-4,7-14,17,26,33H,2,5-6,15-16H2,1H3. The molecule has 2 aromatic carbocycles. The molecular formula is C29H26N2O5. The number of rotatable bonds is 5. The van der Waals surface area contributed by atoms with Gasteiger partial charge in [-0.3, -0.25) is 14.5 Å². The quantitative estimate of drug-likeness (QED) is 0.346. The van der Waals surface area contributed by atoms with Gasteiger partial charge in [0.05, 0.1) is 5.57 Å². The van der Waals surface area contributed by atoms with Gasteiger partial charge in [0.2, 0.25) is 5.78 Å². The van der Waals surface area contributed by atoms with Crippen molar-refractivity contribution in [2.24, 2.45) is 0 Å². The second kappa shape index (κ2) is 8.75. The summed E-state index contributed by atoms with van der Waals surface area (Å²) < 4.78 is 11.7.